The molecule has 1 atom stereocenters. The zero-order valence-corrected chi connectivity index (χ0v) is 25.4. The Hall–Kier alpha value is -5.14. The van der Waals surface area contributed by atoms with Gasteiger partial charge in [0.1, 0.15) is 17.9 Å². The van der Waals surface area contributed by atoms with Crippen LogP contribution in [0.15, 0.2) is 151 Å². The van der Waals surface area contributed by atoms with E-state index in [-0.39, 0.29) is 11.1 Å². The van der Waals surface area contributed by atoms with Crippen LogP contribution in [-0.4, -0.2) is 40.7 Å². The SMILES string of the molecule is O=C1SC(Cc2ccc(OCCON=Cc3ccccc3)cc2)C(=O)N1C(c1ccccc1)(c1ccccc1)c1ccccc1. The van der Waals surface area contributed by atoms with Crippen molar-refractivity contribution in [1.82, 2.24) is 4.90 Å². The smallest absolute Gasteiger partial charge is 0.290 e. The Balaban J connectivity index is 1.18. The molecule has 224 valence electrons. The average molecular weight is 613 g/mol. The van der Waals surface area contributed by atoms with Gasteiger partial charge in [0.25, 0.3) is 5.24 Å². The highest BCUT2D eigenvalue weighted by Gasteiger charge is 2.53. The van der Waals surface area contributed by atoms with Crippen molar-refractivity contribution in [2.45, 2.75) is 17.2 Å². The molecule has 6 nitrogen and oxygen atoms in total. The lowest BCUT2D eigenvalue weighted by Crippen LogP contribution is -2.51. The fourth-order valence-corrected chi connectivity index (χ4v) is 6.70. The molecule has 1 saturated heterocycles. The van der Waals surface area contributed by atoms with Crippen LogP contribution in [0.2, 0.25) is 0 Å². The van der Waals surface area contributed by atoms with Gasteiger partial charge in [0, 0.05) is 0 Å². The lowest BCUT2D eigenvalue weighted by atomic mass is 9.75. The van der Waals surface area contributed by atoms with Crippen molar-refractivity contribution >= 4 is 29.1 Å². The molecule has 2 amide bonds. The highest BCUT2D eigenvalue weighted by Crippen LogP contribution is 2.47. The molecule has 0 aliphatic carbocycles. The number of nitrogens with zero attached hydrogens (tertiary/aromatic N) is 2. The number of hydrogen-bond donors (Lipinski definition) is 0. The van der Waals surface area contributed by atoms with Crippen molar-refractivity contribution in [1.29, 1.82) is 0 Å². The Morgan fingerprint density at radius 1 is 0.667 bits per heavy atom. The number of benzene rings is 5. The molecule has 7 heteroatoms. The van der Waals surface area contributed by atoms with Crippen molar-refractivity contribution in [3.8, 4) is 5.75 Å². The van der Waals surface area contributed by atoms with Crippen molar-refractivity contribution in [2.24, 2.45) is 5.16 Å². The van der Waals surface area contributed by atoms with E-state index in [9.17, 15) is 9.59 Å². The van der Waals surface area contributed by atoms with E-state index in [1.54, 1.807) is 6.21 Å². The number of oxime groups is 1. The Morgan fingerprint density at radius 3 is 1.71 bits per heavy atom. The molecule has 1 fully saturated rings. The summed E-state index contributed by atoms with van der Waals surface area (Å²) in [5, 5.41) is 3.14. The first-order chi connectivity index (χ1) is 22.2. The van der Waals surface area contributed by atoms with Crippen LogP contribution in [0.5, 0.6) is 5.75 Å². The minimum absolute atomic E-state index is 0.213. The van der Waals surface area contributed by atoms with Crippen molar-refractivity contribution in [3.05, 3.63) is 173 Å². The largest absolute Gasteiger partial charge is 0.490 e. The van der Waals surface area contributed by atoms with E-state index in [0.29, 0.717) is 25.4 Å². The second-order valence-corrected chi connectivity index (χ2v) is 11.7. The fraction of sp³-hybridized carbons (Fsp3) is 0.132. The van der Waals surface area contributed by atoms with E-state index in [1.165, 1.54) is 4.90 Å². The Bertz CT molecular complexity index is 1630. The minimum Gasteiger partial charge on any atom is -0.490 e. The first kappa shape index (κ1) is 29.9. The topological polar surface area (TPSA) is 68.2 Å². The molecule has 45 heavy (non-hydrogen) atoms. The molecule has 6 rings (SSSR count). The lowest BCUT2D eigenvalue weighted by Gasteiger charge is -2.42. The first-order valence-corrected chi connectivity index (χ1v) is 15.7. The Kier molecular flexibility index (Phi) is 9.37. The van der Waals surface area contributed by atoms with Crippen LogP contribution in [0.1, 0.15) is 27.8 Å². The molecule has 1 aliphatic heterocycles. The van der Waals surface area contributed by atoms with Crippen LogP contribution in [0.3, 0.4) is 0 Å². The van der Waals surface area contributed by atoms with Gasteiger partial charge in [-0.1, -0.05) is 150 Å². The minimum atomic E-state index is -1.12. The molecule has 5 aromatic carbocycles. The Morgan fingerprint density at radius 2 is 1.18 bits per heavy atom. The second-order valence-electron chi connectivity index (χ2n) is 10.5. The highest BCUT2D eigenvalue weighted by molar-refractivity contribution is 8.15. The third kappa shape index (κ3) is 6.54. The van der Waals surface area contributed by atoms with Crippen LogP contribution in [0, 0.1) is 0 Å². The number of imide groups is 1. The molecule has 0 spiro atoms. The van der Waals surface area contributed by atoms with Gasteiger partial charge in [0.05, 0.1) is 11.5 Å². The van der Waals surface area contributed by atoms with Crippen LogP contribution in [0.25, 0.3) is 0 Å². The van der Waals surface area contributed by atoms with Crippen molar-refractivity contribution in [3.63, 3.8) is 0 Å². The summed E-state index contributed by atoms with van der Waals surface area (Å²) in [4.78, 5) is 35.0. The molecule has 1 aliphatic rings. The first-order valence-electron chi connectivity index (χ1n) is 14.8. The number of rotatable bonds is 12. The van der Waals surface area contributed by atoms with Gasteiger partial charge < -0.3 is 9.57 Å². The summed E-state index contributed by atoms with van der Waals surface area (Å²) in [6.45, 7) is 0.648. The molecule has 5 aromatic rings. The maximum atomic E-state index is 14.3. The summed E-state index contributed by atoms with van der Waals surface area (Å²) in [7, 11) is 0. The molecule has 1 unspecified atom stereocenters. The van der Waals surface area contributed by atoms with E-state index in [4.69, 9.17) is 9.57 Å². The van der Waals surface area contributed by atoms with Crippen LogP contribution >= 0.6 is 11.8 Å². The number of hydrogen-bond acceptors (Lipinski definition) is 6. The summed E-state index contributed by atoms with van der Waals surface area (Å²) in [5.74, 6) is 0.476. The molecular formula is C38H32N2O4S. The van der Waals surface area contributed by atoms with Gasteiger partial charge >= 0.3 is 0 Å². The standard InChI is InChI=1S/C38H32N2O4S/c41-36-35(27-29-21-23-34(24-22-29)43-25-26-44-39-28-30-13-5-1-6-14-30)45-37(42)40(36)38(31-15-7-2-8-16-31,32-17-9-3-10-18-32)33-19-11-4-12-20-33/h1-24,28,35H,25-27H2. The third-order valence-corrected chi connectivity index (χ3v) is 8.73. The predicted octanol–water partition coefficient (Wildman–Crippen LogP) is 7.71. The summed E-state index contributed by atoms with van der Waals surface area (Å²) in [6, 6.07) is 46.7. The van der Waals surface area contributed by atoms with Gasteiger partial charge in [-0.05, 0) is 46.4 Å². The number of carbonyl (C=O) groups is 2. The van der Waals surface area contributed by atoms with Crippen LogP contribution in [-0.2, 0) is 21.6 Å². The van der Waals surface area contributed by atoms with Crippen LogP contribution < -0.4 is 4.74 Å². The molecule has 0 N–H and O–H groups in total. The maximum absolute atomic E-state index is 14.3. The van der Waals surface area contributed by atoms with Gasteiger partial charge in [-0.25, -0.2) is 0 Å². The second kappa shape index (κ2) is 14.1. The lowest BCUT2D eigenvalue weighted by molar-refractivity contribution is -0.129. The zero-order valence-electron chi connectivity index (χ0n) is 24.6. The zero-order chi connectivity index (χ0) is 30.9. The molecule has 0 bridgehead atoms. The van der Waals surface area contributed by atoms with Gasteiger partial charge in [-0.15, -0.1) is 0 Å². The average Bonchev–Trinajstić information content (AvgIpc) is 3.38. The van der Waals surface area contributed by atoms with Crippen molar-refractivity contribution < 1.29 is 19.2 Å². The predicted molar refractivity (Wildman–Crippen MR) is 178 cm³/mol. The summed E-state index contributed by atoms with van der Waals surface area (Å²) in [6.07, 6.45) is 2.07. The molecule has 0 saturated carbocycles. The van der Waals surface area contributed by atoms with Crippen LogP contribution in [0.4, 0.5) is 4.79 Å². The number of carbonyl (C=O) groups excluding carboxylic acids is 2. The molecule has 1 heterocycles. The quantitative estimate of drug-likeness (QED) is 0.0625. The van der Waals surface area contributed by atoms with E-state index in [2.05, 4.69) is 5.16 Å². The monoisotopic (exact) mass is 612 g/mol. The fourth-order valence-electron chi connectivity index (χ4n) is 5.64. The molecule has 0 aromatic heterocycles. The van der Waals surface area contributed by atoms with E-state index < -0.39 is 10.8 Å². The maximum Gasteiger partial charge on any atom is 0.290 e. The molecular weight excluding hydrogens is 580 g/mol. The van der Waals surface area contributed by atoms with Gasteiger partial charge in [0.2, 0.25) is 5.91 Å². The summed E-state index contributed by atoms with van der Waals surface area (Å²) >= 11 is 1.09. The van der Waals surface area contributed by atoms with Gasteiger partial charge in [-0.2, -0.15) is 0 Å². The summed E-state index contributed by atoms with van der Waals surface area (Å²) in [5.41, 5.74) is 3.33. The number of ether oxygens (including phenoxy) is 1. The number of thioether (sulfide) groups is 1. The van der Waals surface area contributed by atoms with Crippen molar-refractivity contribution in [2.75, 3.05) is 13.2 Å². The molecule has 0 radical (unpaired) electrons. The highest BCUT2D eigenvalue weighted by atomic mass is 32.2. The Labute approximate surface area is 267 Å². The number of amides is 2. The van der Waals surface area contributed by atoms with E-state index in [0.717, 1.165) is 39.6 Å². The van der Waals surface area contributed by atoms with E-state index >= 15 is 0 Å². The third-order valence-electron chi connectivity index (χ3n) is 7.70. The van der Waals surface area contributed by atoms with E-state index in [1.807, 2.05) is 146 Å². The normalized spacial score (nSPS) is 15.0. The van der Waals surface area contributed by atoms with Gasteiger partial charge in [-0.3, -0.25) is 14.5 Å². The van der Waals surface area contributed by atoms with Gasteiger partial charge in [0.15, 0.2) is 6.61 Å². The summed E-state index contributed by atoms with van der Waals surface area (Å²) < 4.78 is 5.80.